The van der Waals surface area contributed by atoms with Gasteiger partial charge in [-0.3, -0.25) is 0 Å². The number of para-hydroxylation sites is 1. The van der Waals surface area contributed by atoms with Gasteiger partial charge in [0.05, 0.1) is 5.02 Å². The fourth-order valence-corrected chi connectivity index (χ4v) is 4.58. The van der Waals surface area contributed by atoms with Crippen molar-refractivity contribution in [3.8, 4) is 17.2 Å². The lowest BCUT2D eigenvalue weighted by molar-refractivity contribution is 0.465. The summed E-state index contributed by atoms with van der Waals surface area (Å²) in [6.07, 6.45) is 0. The monoisotopic (exact) mass is 453 g/mol. The highest BCUT2D eigenvalue weighted by atomic mass is 35.5. The first kappa shape index (κ1) is 21.1. The maximum atomic E-state index is 12.7. The van der Waals surface area contributed by atoms with Gasteiger partial charge in [-0.2, -0.15) is 8.42 Å². The second kappa shape index (κ2) is 8.03. The first-order valence-electron chi connectivity index (χ1n) is 8.17. The van der Waals surface area contributed by atoms with Crippen molar-refractivity contribution in [1.82, 2.24) is 0 Å². The van der Waals surface area contributed by atoms with E-state index in [9.17, 15) is 16.8 Å². The molecule has 0 amide bonds. The van der Waals surface area contributed by atoms with E-state index in [1.165, 1.54) is 12.1 Å². The maximum Gasteiger partial charge on any atom is 0.340 e. The van der Waals surface area contributed by atoms with Crippen LogP contribution in [0.25, 0.3) is 0 Å². The maximum absolute atomic E-state index is 12.7. The SMILES string of the molecule is Cc1ccc(OS(=O)(=O)c2cc(S(N)(=O)=O)c(Oc3ccccc3)cc2Cl)cc1. The number of sulfonamides is 1. The Bertz CT molecular complexity index is 1240. The molecule has 3 aromatic carbocycles. The van der Waals surface area contributed by atoms with Crippen molar-refractivity contribution in [2.45, 2.75) is 16.7 Å². The summed E-state index contributed by atoms with van der Waals surface area (Å²) in [6.45, 7) is 1.83. The van der Waals surface area contributed by atoms with E-state index >= 15 is 0 Å². The Kier molecular flexibility index (Phi) is 5.85. The summed E-state index contributed by atoms with van der Waals surface area (Å²) >= 11 is 6.12. The van der Waals surface area contributed by atoms with Gasteiger partial charge in [0, 0.05) is 6.07 Å². The van der Waals surface area contributed by atoms with Gasteiger partial charge >= 0.3 is 10.1 Å². The fraction of sp³-hybridized carbons (Fsp3) is 0.0526. The van der Waals surface area contributed by atoms with Crippen LogP contribution in [0.4, 0.5) is 0 Å². The second-order valence-electron chi connectivity index (χ2n) is 6.04. The summed E-state index contributed by atoms with van der Waals surface area (Å²) in [5.41, 5.74) is 0.909. The van der Waals surface area contributed by atoms with Crippen LogP contribution in [-0.2, 0) is 20.1 Å². The molecule has 0 aromatic heterocycles. The molecule has 0 saturated heterocycles. The molecule has 0 unspecified atom stereocenters. The lowest BCUT2D eigenvalue weighted by Gasteiger charge is -2.14. The standard InChI is InChI=1S/C19H16ClNO6S2/c1-13-7-9-15(10-8-13)27-29(24,25)18-12-19(28(21,22)23)17(11-16(18)20)26-14-5-3-2-4-6-14/h2-12H,1H3,(H2,21,22,23). The molecular weight excluding hydrogens is 438 g/mol. The van der Waals surface area contributed by atoms with Crippen molar-refractivity contribution >= 4 is 31.7 Å². The van der Waals surface area contributed by atoms with Crippen LogP contribution in [0.1, 0.15) is 5.56 Å². The van der Waals surface area contributed by atoms with E-state index < -0.39 is 29.9 Å². The third-order valence-electron chi connectivity index (χ3n) is 3.77. The molecule has 0 bridgehead atoms. The van der Waals surface area contributed by atoms with Gasteiger partial charge in [0.15, 0.2) is 0 Å². The van der Waals surface area contributed by atoms with Crippen LogP contribution in [0, 0.1) is 6.92 Å². The molecule has 0 aliphatic heterocycles. The summed E-state index contributed by atoms with van der Waals surface area (Å²) in [7, 11) is -8.77. The minimum atomic E-state index is -4.44. The summed E-state index contributed by atoms with van der Waals surface area (Å²) in [6, 6.07) is 16.4. The summed E-state index contributed by atoms with van der Waals surface area (Å²) in [5, 5.41) is 4.97. The number of ether oxygens (including phenoxy) is 1. The van der Waals surface area contributed by atoms with E-state index in [1.54, 1.807) is 42.5 Å². The van der Waals surface area contributed by atoms with Gasteiger partial charge in [-0.15, -0.1) is 0 Å². The predicted molar refractivity (Wildman–Crippen MR) is 108 cm³/mol. The van der Waals surface area contributed by atoms with Crippen molar-refractivity contribution in [3.63, 3.8) is 0 Å². The molecule has 0 saturated carbocycles. The third kappa shape index (κ3) is 5.07. The van der Waals surface area contributed by atoms with E-state index in [4.69, 9.17) is 25.7 Å². The normalized spacial score (nSPS) is 11.8. The molecule has 0 spiro atoms. The number of aryl methyl sites for hydroxylation is 1. The second-order valence-corrected chi connectivity index (χ2v) is 9.49. The van der Waals surface area contributed by atoms with Gasteiger partial charge in [-0.1, -0.05) is 47.5 Å². The van der Waals surface area contributed by atoms with Crippen LogP contribution in [0.3, 0.4) is 0 Å². The molecule has 2 N–H and O–H groups in total. The molecule has 0 heterocycles. The van der Waals surface area contributed by atoms with Crippen molar-refractivity contribution in [2.24, 2.45) is 5.14 Å². The largest absolute Gasteiger partial charge is 0.456 e. The number of nitrogens with two attached hydrogens (primary N) is 1. The highest BCUT2D eigenvalue weighted by molar-refractivity contribution is 7.89. The molecule has 152 valence electrons. The lowest BCUT2D eigenvalue weighted by Crippen LogP contribution is -2.16. The van der Waals surface area contributed by atoms with Crippen LogP contribution >= 0.6 is 11.6 Å². The van der Waals surface area contributed by atoms with Gasteiger partial charge in [-0.25, -0.2) is 13.6 Å². The lowest BCUT2D eigenvalue weighted by atomic mass is 10.2. The summed E-state index contributed by atoms with van der Waals surface area (Å²) in [5.74, 6) is 0.159. The van der Waals surface area contributed by atoms with Gasteiger partial charge in [0.2, 0.25) is 10.0 Å². The molecule has 0 aliphatic rings. The van der Waals surface area contributed by atoms with Gasteiger partial charge in [-0.05, 0) is 37.3 Å². The van der Waals surface area contributed by atoms with Crippen molar-refractivity contribution in [3.05, 3.63) is 77.3 Å². The van der Waals surface area contributed by atoms with Crippen LogP contribution in [-0.4, -0.2) is 16.8 Å². The first-order valence-corrected chi connectivity index (χ1v) is 11.5. The number of benzene rings is 3. The molecule has 10 heteroatoms. The minimum Gasteiger partial charge on any atom is -0.456 e. The Balaban J connectivity index is 2.07. The molecule has 29 heavy (non-hydrogen) atoms. The molecule has 0 radical (unpaired) electrons. The van der Waals surface area contributed by atoms with Crippen molar-refractivity contribution in [1.29, 1.82) is 0 Å². The molecule has 0 aliphatic carbocycles. The number of rotatable bonds is 6. The zero-order valence-electron chi connectivity index (χ0n) is 15.1. The van der Waals surface area contributed by atoms with E-state index in [-0.39, 0.29) is 16.5 Å². The van der Waals surface area contributed by atoms with Gasteiger partial charge < -0.3 is 8.92 Å². The van der Waals surface area contributed by atoms with Crippen molar-refractivity contribution < 1.29 is 25.8 Å². The Morgan fingerprint density at radius 2 is 1.45 bits per heavy atom. The Labute approximate surface area is 173 Å². The smallest absolute Gasteiger partial charge is 0.340 e. The molecular formula is C19H16ClNO6S2. The van der Waals surface area contributed by atoms with E-state index in [0.717, 1.165) is 17.7 Å². The zero-order valence-corrected chi connectivity index (χ0v) is 17.5. The molecule has 3 rings (SSSR count). The fourth-order valence-electron chi connectivity index (χ4n) is 2.39. The highest BCUT2D eigenvalue weighted by Crippen LogP contribution is 2.36. The summed E-state index contributed by atoms with van der Waals surface area (Å²) < 4.78 is 60.0. The zero-order chi connectivity index (χ0) is 21.2. The van der Waals surface area contributed by atoms with E-state index in [0.29, 0.717) is 5.75 Å². The van der Waals surface area contributed by atoms with Crippen LogP contribution in [0.5, 0.6) is 17.2 Å². The molecule has 3 aromatic rings. The minimum absolute atomic E-state index is 0.0495. The summed E-state index contributed by atoms with van der Waals surface area (Å²) in [4.78, 5) is -1.10. The van der Waals surface area contributed by atoms with Crippen LogP contribution in [0.2, 0.25) is 5.02 Å². The average Bonchev–Trinajstić information content (AvgIpc) is 2.63. The topological polar surface area (TPSA) is 113 Å². The van der Waals surface area contributed by atoms with Gasteiger partial charge in [0.25, 0.3) is 0 Å². The predicted octanol–water partition coefficient (Wildman–Crippen LogP) is 3.86. The Hall–Kier alpha value is -2.59. The third-order valence-corrected chi connectivity index (χ3v) is 6.42. The van der Waals surface area contributed by atoms with E-state index in [1.807, 2.05) is 6.92 Å². The quantitative estimate of drug-likeness (QED) is 0.567. The van der Waals surface area contributed by atoms with Gasteiger partial charge in [0.1, 0.15) is 27.0 Å². The van der Waals surface area contributed by atoms with Crippen LogP contribution in [0.15, 0.2) is 76.5 Å². The van der Waals surface area contributed by atoms with Crippen LogP contribution < -0.4 is 14.1 Å². The van der Waals surface area contributed by atoms with Crippen molar-refractivity contribution in [2.75, 3.05) is 0 Å². The Morgan fingerprint density at radius 1 is 0.828 bits per heavy atom. The molecule has 0 atom stereocenters. The Morgan fingerprint density at radius 3 is 2.03 bits per heavy atom. The number of hydrogen-bond donors (Lipinski definition) is 1. The number of halogens is 1. The number of primary sulfonamides is 1. The van der Waals surface area contributed by atoms with E-state index in [2.05, 4.69) is 0 Å². The first-order chi connectivity index (χ1) is 13.6. The number of hydrogen-bond acceptors (Lipinski definition) is 6. The average molecular weight is 454 g/mol. The highest BCUT2D eigenvalue weighted by Gasteiger charge is 2.27. The molecule has 0 fully saturated rings. The molecule has 7 nitrogen and oxygen atoms in total.